The fraction of sp³-hybridized carbons (Fsp3) is 0.308. The maximum Gasteiger partial charge on any atom is 0.272 e. The van der Waals surface area contributed by atoms with Crippen LogP contribution in [0.3, 0.4) is 0 Å². The first kappa shape index (κ1) is 22.7. The zero-order valence-corrected chi connectivity index (χ0v) is 19.9. The lowest BCUT2D eigenvalue weighted by Crippen LogP contribution is -2.45. The summed E-state index contributed by atoms with van der Waals surface area (Å²) in [5, 5.41) is 11.9. The van der Waals surface area contributed by atoms with Gasteiger partial charge < -0.3 is 10.6 Å². The first-order chi connectivity index (χ1) is 16.9. The summed E-state index contributed by atoms with van der Waals surface area (Å²) < 4.78 is 18.3. The Labute approximate surface area is 202 Å². The molecule has 1 atom stereocenters. The van der Waals surface area contributed by atoms with Crippen molar-refractivity contribution in [2.45, 2.75) is 32.7 Å². The third-order valence-electron chi connectivity index (χ3n) is 6.65. The molecule has 0 bridgehead atoms. The molecule has 0 spiro atoms. The van der Waals surface area contributed by atoms with Crippen molar-refractivity contribution in [3.05, 3.63) is 70.7 Å². The van der Waals surface area contributed by atoms with Crippen LogP contribution in [-0.2, 0) is 7.05 Å². The van der Waals surface area contributed by atoms with Gasteiger partial charge in [-0.25, -0.2) is 14.2 Å². The largest absolute Gasteiger partial charge is 0.347 e. The molecule has 1 amide bonds. The van der Waals surface area contributed by atoms with Gasteiger partial charge in [-0.3, -0.25) is 14.0 Å². The highest BCUT2D eigenvalue weighted by atomic mass is 19.1. The van der Waals surface area contributed by atoms with Crippen LogP contribution in [0.1, 0.15) is 34.7 Å². The van der Waals surface area contributed by atoms with Crippen molar-refractivity contribution >= 4 is 22.5 Å². The average Bonchev–Trinajstić information content (AvgIpc) is 3.35. The van der Waals surface area contributed by atoms with E-state index in [-0.39, 0.29) is 17.6 Å². The summed E-state index contributed by atoms with van der Waals surface area (Å²) in [7, 11) is 1.90. The van der Waals surface area contributed by atoms with E-state index in [4.69, 9.17) is 11.6 Å². The maximum atomic E-state index is 14.6. The predicted octanol–water partition coefficient (Wildman–Crippen LogP) is 4.21. The fourth-order valence-corrected chi connectivity index (χ4v) is 4.64. The number of amides is 1. The van der Waals surface area contributed by atoms with Crippen LogP contribution in [0.25, 0.3) is 32.8 Å². The van der Waals surface area contributed by atoms with Gasteiger partial charge in [0, 0.05) is 42.0 Å². The number of hydrogen-bond acceptors (Lipinski definition) is 4. The summed E-state index contributed by atoms with van der Waals surface area (Å²) in [6.07, 6.45) is 1.91. The number of fused-ring (bicyclic) bond motifs is 1. The molecule has 35 heavy (non-hydrogen) atoms. The molecule has 0 aliphatic carbocycles. The summed E-state index contributed by atoms with van der Waals surface area (Å²) in [5.41, 5.74) is 4.04. The Morgan fingerprint density at radius 3 is 2.77 bits per heavy atom. The van der Waals surface area contributed by atoms with Gasteiger partial charge in [0.2, 0.25) is 5.69 Å². The normalized spacial score (nSPS) is 15.8. The highest BCUT2D eigenvalue weighted by molar-refractivity contribution is 5.95. The molecular weight excluding hydrogens is 445 g/mol. The lowest BCUT2D eigenvalue weighted by Gasteiger charge is -2.23. The predicted molar refractivity (Wildman–Crippen MR) is 132 cm³/mol. The minimum atomic E-state index is -0.623. The molecular formula is C26H26FN7O. The van der Waals surface area contributed by atoms with Gasteiger partial charge in [0.15, 0.2) is 0 Å². The topological polar surface area (TPSA) is 81.1 Å². The molecule has 4 aromatic rings. The molecule has 3 heterocycles. The van der Waals surface area contributed by atoms with Crippen LogP contribution in [0.15, 0.2) is 36.4 Å². The summed E-state index contributed by atoms with van der Waals surface area (Å²) in [5.74, 6) is -0.443. The molecule has 2 N–H and O–H groups in total. The molecule has 5 rings (SSSR count). The van der Waals surface area contributed by atoms with Crippen molar-refractivity contribution in [1.82, 2.24) is 30.0 Å². The smallest absolute Gasteiger partial charge is 0.272 e. The third kappa shape index (κ3) is 4.06. The zero-order chi connectivity index (χ0) is 24.7. The lowest BCUT2D eigenvalue weighted by molar-refractivity contribution is 0.0925. The number of nitrogens with zero attached hydrogens (tertiary/aromatic N) is 5. The fourth-order valence-electron chi connectivity index (χ4n) is 4.64. The van der Waals surface area contributed by atoms with E-state index in [9.17, 15) is 9.18 Å². The Bertz CT molecular complexity index is 1490. The van der Waals surface area contributed by atoms with E-state index in [0.717, 1.165) is 48.2 Å². The van der Waals surface area contributed by atoms with Gasteiger partial charge in [-0.15, -0.1) is 0 Å². The average molecular weight is 472 g/mol. The van der Waals surface area contributed by atoms with Crippen LogP contribution in [0.4, 0.5) is 10.1 Å². The first-order valence-corrected chi connectivity index (χ1v) is 11.6. The molecule has 0 saturated carbocycles. The summed E-state index contributed by atoms with van der Waals surface area (Å²) in [6, 6.07) is 10.3. The number of carbonyl (C=O) groups is 1. The number of carbonyl (C=O) groups excluding carboxylic acids is 1. The molecule has 178 valence electrons. The van der Waals surface area contributed by atoms with Crippen LogP contribution < -0.4 is 10.6 Å². The van der Waals surface area contributed by atoms with Crippen LogP contribution in [0.5, 0.6) is 0 Å². The second kappa shape index (κ2) is 8.96. The minimum absolute atomic E-state index is 0.0361. The van der Waals surface area contributed by atoms with Gasteiger partial charge in [0.05, 0.1) is 17.8 Å². The van der Waals surface area contributed by atoms with Gasteiger partial charge in [0.1, 0.15) is 17.3 Å². The van der Waals surface area contributed by atoms with Crippen molar-refractivity contribution in [3.63, 3.8) is 0 Å². The molecule has 0 unspecified atom stereocenters. The molecule has 1 aliphatic heterocycles. The SMILES string of the molecule is [C-]#[N+]c1ccc(-c2nc(C(=O)N[C@@H]3CCCNC3)c(C)n2-c2ccc3nn(C)c(C)c3c2)cc1F. The summed E-state index contributed by atoms with van der Waals surface area (Å²) >= 11 is 0. The molecule has 0 radical (unpaired) electrons. The van der Waals surface area contributed by atoms with Crippen molar-refractivity contribution in [1.29, 1.82) is 0 Å². The number of aryl methyl sites for hydroxylation is 2. The first-order valence-electron chi connectivity index (χ1n) is 11.6. The van der Waals surface area contributed by atoms with E-state index < -0.39 is 5.82 Å². The van der Waals surface area contributed by atoms with E-state index >= 15 is 0 Å². The molecule has 8 nitrogen and oxygen atoms in total. The Balaban J connectivity index is 1.65. The molecule has 1 saturated heterocycles. The molecule has 1 aliphatic rings. The maximum absolute atomic E-state index is 14.6. The van der Waals surface area contributed by atoms with Crippen LogP contribution in [0.2, 0.25) is 0 Å². The van der Waals surface area contributed by atoms with E-state index in [2.05, 4.69) is 20.6 Å². The monoisotopic (exact) mass is 471 g/mol. The number of hydrogen-bond donors (Lipinski definition) is 2. The van der Waals surface area contributed by atoms with Crippen LogP contribution in [-0.4, -0.2) is 44.4 Å². The Morgan fingerprint density at radius 1 is 1.23 bits per heavy atom. The molecule has 1 fully saturated rings. The second-order valence-corrected chi connectivity index (χ2v) is 8.91. The number of imidazole rings is 1. The van der Waals surface area contributed by atoms with Crippen molar-refractivity contribution in [2.75, 3.05) is 13.1 Å². The highest BCUT2D eigenvalue weighted by Crippen LogP contribution is 2.31. The van der Waals surface area contributed by atoms with E-state index in [1.165, 1.54) is 12.1 Å². The van der Waals surface area contributed by atoms with Gasteiger partial charge in [-0.2, -0.15) is 5.10 Å². The number of aromatic nitrogens is 4. The van der Waals surface area contributed by atoms with E-state index in [0.29, 0.717) is 22.8 Å². The van der Waals surface area contributed by atoms with Gasteiger partial charge in [0.25, 0.3) is 5.91 Å². The van der Waals surface area contributed by atoms with Crippen molar-refractivity contribution in [3.8, 4) is 17.1 Å². The number of rotatable bonds is 4. The standard InChI is InChI=1S/C26H26FN7O/c1-15-20-13-19(8-10-22(20)32-33(15)4)34-16(2)24(26(35)30-18-6-5-11-29-14-18)31-25(34)17-7-9-23(28-3)21(27)12-17/h7-10,12-13,18,29H,5-6,11,14H2,1-2,4H3,(H,30,35)/t18-/m1/s1. The summed E-state index contributed by atoms with van der Waals surface area (Å²) in [6.45, 7) is 12.7. The summed E-state index contributed by atoms with van der Waals surface area (Å²) in [4.78, 5) is 21.2. The Kier molecular flexibility index (Phi) is 5.83. The number of piperidine rings is 1. The van der Waals surface area contributed by atoms with Gasteiger partial charge in [-0.1, -0.05) is 12.1 Å². The molecule has 2 aromatic carbocycles. The quantitative estimate of drug-likeness (QED) is 0.437. The second-order valence-electron chi connectivity index (χ2n) is 8.91. The van der Waals surface area contributed by atoms with Crippen molar-refractivity contribution in [2.24, 2.45) is 7.05 Å². The van der Waals surface area contributed by atoms with E-state index in [1.54, 1.807) is 6.07 Å². The van der Waals surface area contributed by atoms with Crippen LogP contribution >= 0.6 is 0 Å². The highest BCUT2D eigenvalue weighted by Gasteiger charge is 2.25. The van der Waals surface area contributed by atoms with Crippen LogP contribution in [0, 0.1) is 26.2 Å². The Hall–Kier alpha value is -4.03. The molecule has 9 heteroatoms. The number of nitrogens with one attached hydrogen (secondary N) is 2. The zero-order valence-electron chi connectivity index (χ0n) is 19.9. The Morgan fingerprint density at radius 2 is 2.06 bits per heavy atom. The van der Waals surface area contributed by atoms with Crippen molar-refractivity contribution < 1.29 is 9.18 Å². The van der Waals surface area contributed by atoms with E-state index in [1.807, 2.05) is 48.3 Å². The minimum Gasteiger partial charge on any atom is -0.347 e. The third-order valence-corrected chi connectivity index (χ3v) is 6.65. The van der Waals surface area contributed by atoms with Gasteiger partial charge >= 0.3 is 0 Å². The van der Waals surface area contributed by atoms with Gasteiger partial charge in [-0.05, 0) is 57.5 Å². The lowest BCUT2D eigenvalue weighted by atomic mass is 10.1. The molecule has 2 aromatic heterocycles. The number of benzene rings is 2. The number of halogens is 1.